The monoisotopic (exact) mass is 379 g/mol. The van der Waals surface area contributed by atoms with Crippen molar-refractivity contribution in [3.8, 4) is 11.6 Å². The van der Waals surface area contributed by atoms with Gasteiger partial charge in [-0.3, -0.25) is 4.98 Å². The van der Waals surface area contributed by atoms with E-state index in [1.54, 1.807) is 31.3 Å². The van der Waals surface area contributed by atoms with E-state index >= 15 is 0 Å². The van der Waals surface area contributed by atoms with Crippen LogP contribution in [0.3, 0.4) is 0 Å². The quantitative estimate of drug-likeness (QED) is 0.504. The Morgan fingerprint density at radius 1 is 0.963 bits per heavy atom. The lowest BCUT2D eigenvalue weighted by Crippen LogP contribution is -2.13. The van der Waals surface area contributed by atoms with Crippen LogP contribution in [0.25, 0.3) is 16.6 Å². The highest BCUT2D eigenvalue weighted by atomic mass is 32.2. The highest BCUT2D eigenvalue weighted by molar-refractivity contribution is 7.87. The third kappa shape index (κ3) is 3.29. The molecule has 6 nitrogen and oxygen atoms in total. The molecule has 2 aromatic heterocycles. The molecule has 0 saturated heterocycles. The lowest BCUT2D eigenvalue weighted by atomic mass is 10.2. The molecule has 0 aliphatic heterocycles. The molecule has 0 fully saturated rings. The highest BCUT2D eigenvalue weighted by Gasteiger charge is 2.23. The van der Waals surface area contributed by atoms with Gasteiger partial charge in [0.15, 0.2) is 0 Å². The van der Waals surface area contributed by atoms with Crippen molar-refractivity contribution in [2.45, 2.75) is 18.7 Å². The standard InChI is InChI=1S/C20H17N3O3S/c1-14-8-10-17(11-9-14)23-19(13-15(2)22-23)26-27(24,25)18-7-3-5-16-6-4-12-21-20(16)18/h3-13H,1-2H3. The van der Waals surface area contributed by atoms with Crippen molar-refractivity contribution in [2.24, 2.45) is 0 Å². The molecule has 0 atom stereocenters. The van der Waals surface area contributed by atoms with Crippen molar-refractivity contribution in [1.82, 2.24) is 14.8 Å². The second kappa shape index (κ2) is 6.51. The van der Waals surface area contributed by atoms with Crippen LogP contribution >= 0.6 is 0 Å². The van der Waals surface area contributed by atoms with Crippen molar-refractivity contribution < 1.29 is 12.6 Å². The number of aryl methyl sites for hydroxylation is 2. The molecule has 0 radical (unpaired) electrons. The molecule has 4 rings (SSSR count). The molecule has 0 N–H and O–H groups in total. The van der Waals surface area contributed by atoms with Gasteiger partial charge < -0.3 is 4.18 Å². The van der Waals surface area contributed by atoms with Crippen LogP contribution in [0.4, 0.5) is 0 Å². The number of hydrogen-bond acceptors (Lipinski definition) is 5. The number of aromatic nitrogens is 3. The number of nitrogens with zero attached hydrogens (tertiary/aromatic N) is 3. The Hall–Kier alpha value is -3.19. The minimum atomic E-state index is -4.09. The summed E-state index contributed by atoms with van der Waals surface area (Å²) in [6.45, 7) is 3.76. The van der Waals surface area contributed by atoms with Gasteiger partial charge in [-0.2, -0.15) is 18.2 Å². The number of rotatable bonds is 4. The molecule has 0 spiro atoms. The Morgan fingerprint density at radius 3 is 2.48 bits per heavy atom. The summed E-state index contributed by atoms with van der Waals surface area (Å²) in [6, 6.07) is 17.7. The van der Waals surface area contributed by atoms with E-state index in [-0.39, 0.29) is 10.8 Å². The summed E-state index contributed by atoms with van der Waals surface area (Å²) in [5, 5.41) is 5.09. The molecule has 7 heteroatoms. The van der Waals surface area contributed by atoms with Crippen molar-refractivity contribution in [1.29, 1.82) is 0 Å². The Labute approximate surface area is 157 Å². The van der Waals surface area contributed by atoms with E-state index in [1.165, 1.54) is 10.7 Å². The van der Waals surface area contributed by atoms with Crippen molar-refractivity contribution >= 4 is 21.0 Å². The van der Waals surface area contributed by atoms with Crippen LogP contribution in [0, 0.1) is 13.8 Å². The Bertz CT molecular complexity index is 1220. The van der Waals surface area contributed by atoms with Crippen LogP contribution in [-0.2, 0) is 10.1 Å². The van der Waals surface area contributed by atoms with Crippen LogP contribution in [0.2, 0.25) is 0 Å². The molecule has 0 aliphatic carbocycles. The zero-order chi connectivity index (χ0) is 19.0. The van der Waals surface area contributed by atoms with Gasteiger partial charge in [0.05, 0.1) is 16.9 Å². The summed E-state index contributed by atoms with van der Waals surface area (Å²) in [5.74, 6) is 0.129. The van der Waals surface area contributed by atoms with E-state index in [4.69, 9.17) is 4.18 Å². The summed E-state index contributed by atoms with van der Waals surface area (Å²) < 4.78 is 32.9. The number of fused-ring (bicyclic) bond motifs is 1. The third-order valence-electron chi connectivity index (χ3n) is 4.14. The minimum Gasteiger partial charge on any atom is -0.358 e. The van der Waals surface area contributed by atoms with Crippen LogP contribution in [-0.4, -0.2) is 23.2 Å². The largest absolute Gasteiger partial charge is 0.358 e. The van der Waals surface area contributed by atoms with Gasteiger partial charge in [-0.05, 0) is 38.1 Å². The molecular formula is C20H17N3O3S. The van der Waals surface area contributed by atoms with Gasteiger partial charge in [0.2, 0.25) is 5.88 Å². The smallest absolute Gasteiger partial charge is 0.342 e. The predicted octanol–water partition coefficient (Wildman–Crippen LogP) is 3.81. The minimum absolute atomic E-state index is 0.0231. The molecule has 0 aliphatic rings. The molecule has 0 bridgehead atoms. The second-order valence-electron chi connectivity index (χ2n) is 6.24. The zero-order valence-electron chi connectivity index (χ0n) is 14.8. The van der Waals surface area contributed by atoms with Crippen molar-refractivity contribution in [2.75, 3.05) is 0 Å². The topological polar surface area (TPSA) is 74.1 Å². The first kappa shape index (κ1) is 17.2. The lowest BCUT2D eigenvalue weighted by Gasteiger charge is -2.11. The Morgan fingerprint density at radius 2 is 1.70 bits per heavy atom. The van der Waals surface area contributed by atoms with Crippen LogP contribution < -0.4 is 4.18 Å². The molecule has 0 amide bonds. The molecule has 0 unspecified atom stereocenters. The molecular weight excluding hydrogens is 362 g/mol. The van der Waals surface area contributed by atoms with E-state index in [9.17, 15) is 8.42 Å². The summed E-state index contributed by atoms with van der Waals surface area (Å²) in [4.78, 5) is 4.23. The SMILES string of the molecule is Cc1ccc(-n2nc(C)cc2OS(=O)(=O)c2cccc3cccnc23)cc1. The number of pyridine rings is 1. The average Bonchev–Trinajstić information content (AvgIpc) is 3.01. The fraction of sp³-hybridized carbons (Fsp3) is 0.100. The van der Waals surface area contributed by atoms with Crippen molar-refractivity contribution in [3.63, 3.8) is 0 Å². The normalized spacial score (nSPS) is 11.6. The first-order valence-electron chi connectivity index (χ1n) is 8.36. The average molecular weight is 379 g/mol. The van der Waals surface area contributed by atoms with Crippen LogP contribution in [0.5, 0.6) is 5.88 Å². The third-order valence-corrected chi connectivity index (χ3v) is 5.40. The van der Waals surface area contributed by atoms with Gasteiger partial charge >= 0.3 is 10.1 Å². The number of para-hydroxylation sites is 1. The first-order chi connectivity index (χ1) is 12.9. The molecule has 0 saturated carbocycles. The van der Waals surface area contributed by atoms with Gasteiger partial charge in [-0.1, -0.05) is 35.9 Å². The maximum Gasteiger partial charge on any atom is 0.342 e. The molecule has 27 heavy (non-hydrogen) atoms. The second-order valence-corrected chi connectivity index (χ2v) is 7.75. The lowest BCUT2D eigenvalue weighted by molar-refractivity contribution is 0.465. The Kier molecular flexibility index (Phi) is 4.16. The summed E-state index contributed by atoms with van der Waals surface area (Å²) in [7, 11) is -4.09. The maximum absolute atomic E-state index is 13.0. The van der Waals surface area contributed by atoms with Gasteiger partial charge in [-0.25, -0.2) is 0 Å². The van der Waals surface area contributed by atoms with Gasteiger partial charge in [0.25, 0.3) is 0 Å². The Balaban J connectivity index is 1.79. The molecule has 4 aromatic rings. The van der Waals surface area contributed by atoms with E-state index in [0.29, 0.717) is 11.2 Å². The number of hydrogen-bond donors (Lipinski definition) is 0. The molecule has 2 heterocycles. The summed E-state index contributed by atoms with van der Waals surface area (Å²) in [6.07, 6.45) is 1.56. The first-order valence-corrected chi connectivity index (χ1v) is 9.77. The van der Waals surface area contributed by atoms with E-state index < -0.39 is 10.1 Å². The zero-order valence-corrected chi connectivity index (χ0v) is 15.6. The van der Waals surface area contributed by atoms with Gasteiger partial charge in [0.1, 0.15) is 4.90 Å². The fourth-order valence-corrected chi connectivity index (χ4v) is 3.93. The predicted molar refractivity (Wildman–Crippen MR) is 103 cm³/mol. The molecule has 2 aromatic carbocycles. The van der Waals surface area contributed by atoms with E-state index in [2.05, 4.69) is 10.1 Å². The number of benzene rings is 2. The van der Waals surface area contributed by atoms with Gasteiger partial charge in [-0.15, -0.1) is 0 Å². The van der Waals surface area contributed by atoms with Gasteiger partial charge in [0, 0.05) is 17.6 Å². The van der Waals surface area contributed by atoms with Crippen LogP contribution in [0.1, 0.15) is 11.3 Å². The summed E-state index contributed by atoms with van der Waals surface area (Å²) >= 11 is 0. The van der Waals surface area contributed by atoms with E-state index in [0.717, 1.165) is 16.6 Å². The summed E-state index contributed by atoms with van der Waals surface area (Å²) in [5.41, 5.74) is 2.84. The van der Waals surface area contributed by atoms with E-state index in [1.807, 2.05) is 43.3 Å². The fourth-order valence-electron chi connectivity index (χ4n) is 2.84. The van der Waals surface area contributed by atoms with Crippen molar-refractivity contribution in [3.05, 3.63) is 78.1 Å². The highest BCUT2D eigenvalue weighted by Crippen LogP contribution is 2.26. The maximum atomic E-state index is 13.0. The van der Waals surface area contributed by atoms with Crippen LogP contribution in [0.15, 0.2) is 71.8 Å². The molecule has 136 valence electrons.